The number of sulfonamides is 1. The molecule has 2 aliphatic rings. The van der Waals surface area contributed by atoms with E-state index in [4.69, 9.17) is 4.74 Å². The van der Waals surface area contributed by atoms with Crippen LogP contribution >= 0.6 is 0 Å². The molecule has 5 N–H and O–H groups in total. The molecule has 2 aliphatic heterocycles. The number of carbonyl (C=O) groups excluding carboxylic acids is 1. The van der Waals surface area contributed by atoms with Gasteiger partial charge in [-0.15, -0.1) is 0 Å². The average molecular weight is 511 g/mol. The molecule has 1 saturated heterocycles. The molecule has 0 aromatic heterocycles. The molecule has 1 aromatic rings. The number of hydrogen-bond donors (Lipinski definition) is 5. The summed E-state index contributed by atoms with van der Waals surface area (Å²) in [7, 11) is -4.11. The normalized spacial score (nSPS) is 20.7. The van der Waals surface area contributed by atoms with E-state index in [2.05, 4.69) is 20.6 Å². The molecule has 35 heavy (non-hydrogen) atoms. The van der Waals surface area contributed by atoms with Gasteiger partial charge in [0.15, 0.2) is 6.29 Å². The molecule has 0 aliphatic carbocycles. The highest BCUT2D eigenvalue weighted by Crippen LogP contribution is 2.20. The maximum atomic E-state index is 12.4. The summed E-state index contributed by atoms with van der Waals surface area (Å²) >= 11 is 0. The van der Waals surface area contributed by atoms with E-state index in [1.807, 2.05) is 4.72 Å². The molecule has 1 aromatic carbocycles. The van der Waals surface area contributed by atoms with Gasteiger partial charge in [0.1, 0.15) is 12.6 Å². The highest BCUT2D eigenvalue weighted by molar-refractivity contribution is 7.89. The fraction of sp³-hybridized carbons (Fsp3) is 0.450. The first-order chi connectivity index (χ1) is 16.7. The molecular weight excluding hydrogens is 484 g/mol. The van der Waals surface area contributed by atoms with Crippen LogP contribution in [-0.4, -0.2) is 105 Å². The lowest BCUT2D eigenvalue weighted by Gasteiger charge is -2.21. The van der Waals surface area contributed by atoms with Gasteiger partial charge in [-0.2, -0.15) is 4.72 Å². The molecule has 0 saturated carbocycles. The number of ether oxygens (including phenoxy) is 1. The number of likely N-dealkylation sites (tertiary alicyclic amines) is 1. The van der Waals surface area contributed by atoms with E-state index in [1.54, 1.807) is 6.07 Å². The zero-order valence-corrected chi connectivity index (χ0v) is 19.3. The van der Waals surface area contributed by atoms with Crippen LogP contribution in [-0.2, 0) is 24.3 Å². The van der Waals surface area contributed by atoms with Gasteiger partial charge in [0.05, 0.1) is 23.6 Å². The van der Waals surface area contributed by atoms with Gasteiger partial charge in [-0.3, -0.25) is 24.9 Å². The summed E-state index contributed by atoms with van der Waals surface area (Å²) in [6.07, 6.45) is 1.27. The first kappa shape index (κ1) is 26.2. The van der Waals surface area contributed by atoms with Gasteiger partial charge >= 0.3 is 12.1 Å². The zero-order chi connectivity index (χ0) is 25.4. The van der Waals surface area contributed by atoms with Crippen molar-refractivity contribution in [1.29, 1.82) is 0 Å². The van der Waals surface area contributed by atoms with Gasteiger partial charge in [0.2, 0.25) is 15.9 Å². The van der Waals surface area contributed by atoms with E-state index in [0.717, 1.165) is 0 Å². The number of nitrogens with zero attached hydrogens (tertiary/aromatic N) is 3. The molecule has 3 rings (SSSR count). The molecule has 3 atom stereocenters. The molecule has 15 heteroatoms. The molecule has 0 bridgehead atoms. The maximum absolute atomic E-state index is 12.4. The van der Waals surface area contributed by atoms with Gasteiger partial charge in [0.25, 0.3) is 0 Å². The van der Waals surface area contributed by atoms with Crippen LogP contribution < -0.4 is 15.4 Å². The summed E-state index contributed by atoms with van der Waals surface area (Å²) < 4.78 is 32.3. The van der Waals surface area contributed by atoms with Crippen LogP contribution in [0, 0.1) is 0 Å². The minimum Gasteiger partial charge on any atom is -0.480 e. The molecule has 2 heterocycles. The number of rotatable bonds is 12. The van der Waals surface area contributed by atoms with Crippen LogP contribution in [0.5, 0.6) is 0 Å². The quantitative estimate of drug-likeness (QED) is 0.227. The van der Waals surface area contributed by atoms with Crippen molar-refractivity contribution in [1.82, 2.24) is 20.3 Å². The molecule has 14 nitrogen and oxygen atoms in total. The van der Waals surface area contributed by atoms with Gasteiger partial charge in [-0.05, 0) is 18.6 Å². The third-order valence-electron chi connectivity index (χ3n) is 5.28. The fourth-order valence-electron chi connectivity index (χ4n) is 3.54. The maximum Gasteiger partial charge on any atom is 0.407 e. The second-order valence-corrected chi connectivity index (χ2v) is 9.48. The number of aliphatic carboxylic acids is 1. The number of aliphatic imine (C=N–C) groups is 2. The molecular formula is C20H26N6O8S. The molecule has 190 valence electrons. The van der Waals surface area contributed by atoms with Crippen molar-refractivity contribution in [3.05, 3.63) is 30.3 Å². The Morgan fingerprint density at radius 3 is 2.46 bits per heavy atom. The van der Waals surface area contributed by atoms with Gasteiger partial charge < -0.3 is 25.2 Å². The first-order valence-corrected chi connectivity index (χ1v) is 12.1. The van der Waals surface area contributed by atoms with E-state index in [0.29, 0.717) is 13.0 Å². The number of amides is 2. The molecule has 0 radical (unpaired) electrons. The lowest BCUT2D eigenvalue weighted by Crippen LogP contribution is -2.49. The highest BCUT2D eigenvalue weighted by Gasteiger charge is 2.36. The third kappa shape index (κ3) is 7.54. The summed E-state index contributed by atoms with van der Waals surface area (Å²) in [5, 5.41) is 24.1. The average Bonchev–Trinajstić information content (AvgIpc) is 3.49. The molecule has 0 spiro atoms. The van der Waals surface area contributed by atoms with E-state index in [9.17, 15) is 33.0 Å². The van der Waals surface area contributed by atoms with Gasteiger partial charge in [-0.1, -0.05) is 18.2 Å². The van der Waals surface area contributed by atoms with Crippen molar-refractivity contribution in [2.24, 2.45) is 9.98 Å². The van der Waals surface area contributed by atoms with Gasteiger partial charge in [-0.25, -0.2) is 13.2 Å². The van der Waals surface area contributed by atoms with E-state index in [-0.39, 0.29) is 11.4 Å². The Balaban J connectivity index is 1.46. The third-order valence-corrected chi connectivity index (χ3v) is 6.77. The second-order valence-electron chi connectivity index (χ2n) is 7.76. The molecule has 2 amide bonds. The molecule has 1 fully saturated rings. The number of nitrogens with one attached hydrogen (secondary N) is 3. The summed E-state index contributed by atoms with van der Waals surface area (Å²) in [5.74, 6) is -2.14. The van der Waals surface area contributed by atoms with Crippen molar-refractivity contribution < 1.29 is 37.8 Å². The van der Waals surface area contributed by atoms with E-state index >= 15 is 0 Å². The van der Waals surface area contributed by atoms with Crippen LogP contribution in [0.4, 0.5) is 4.79 Å². The Bertz CT molecular complexity index is 1070. The summed E-state index contributed by atoms with van der Waals surface area (Å²) in [4.78, 5) is 44.4. The zero-order valence-electron chi connectivity index (χ0n) is 18.5. The Kier molecular flexibility index (Phi) is 8.86. The topological polar surface area (TPSA) is 199 Å². The SMILES string of the molecule is O=C(COC1CC(CNC2N=CC=N2)N(C(=O)O)C1)NCC(NS(=O)(=O)c1ccccc1)C(=O)O. The van der Waals surface area contributed by atoms with Crippen molar-refractivity contribution in [2.75, 3.05) is 26.2 Å². The Labute approximate surface area is 201 Å². The number of carboxylic acids is 1. The lowest BCUT2D eigenvalue weighted by molar-refractivity contribution is -0.139. The predicted octanol–water partition coefficient (Wildman–Crippen LogP) is -1.30. The highest BCUT2D eigenvalue weighted by atomic mass is 32.2. The van der Waals surface area contributed by atoms with E-state index in [1.165, 1.54) is 41.6 Å². The number of carboxylic acid groups (broad SMARTS) is 2. The minimum absolute atomic E-state index is 0.0563. The van der Waals surface area contributed by atoms with Crippen LogP contribution in [0.1, 0.15) is 6.42 Å². The van der Waals surface area contributed by atoms with Crippen LogP contribution in [0.15, 0.2) is 45.2 Å². The smallest absolute Gasteiger partial charge is 0.407 e. The minimum atomic E-state index is -4.11. The van der Waals surface area contributed by atoms with Crippen LogP contribution in [0.2, 0.25) is 0 Å². The fourth-order valence-corrected chi connectivity index (χ4v) is 4.75. The first-order valence-electron chi connectivity index (χ1n) is 10.6. The van der Waals surface area contributed by atoms with Crippen molar-refractivity contribution >= 4 is 40.4 Å². The Morgan fingerprint density at radius 1 is 1.14 bits per heavy atom. The van der Waals surface area contributed by atoms with Crippen LogP contribution in [0.3, 0.4) is 0 Å². The predicted molar refractivity (Wildman–Crippen MR) is 123 cm³/mol. The number of hydrogen-bond acceptors (Lipinski definition) is 9. The van der Waals surface area contributed by atoms with Gasteiger partial charge in [0, 0.05) is 25.5 Å². The Morgan fingerprint density at radius 2 is 1.83 bits per heavy atom. The lowest BCUT2D eigenvalue weighted by atomic mass is 10.2. The summed E-state index contributed by atoms with van der Waals surface area (Å²) in [6, 6.07) is 5.22. The largest absolute Gasteiger partial charge is 0.480 e. The number of benzene rings is 1. The second kappa shape index (κ2) is 11.8. The summed E-state index contributed by atoms with van der Waals surface area (Å²) in [6.45, 7) is -0.613. The monoisotopic (exact) mass is 510 g/mol. The molecule has 3 unspecified atom stereocenters. The van der Waals surface area contributed by atoms with Crippen molar-refractivity contribution in [3.8, 4) is 0 Å². The number of carbonyl (C=O) groups is 3. The Hall–Kier alpha value is -3.40. The summed E-state index contributed by atoms with van der Waals surface area (Å²) in [5.41, 5.74) is 0. The van der Waals surface area contributed by atoms with Crippen LogP contribution in [0.25, 0.3) is 0 Å². The van der Waals surface area contributed by atoms with Crippen molar-refractivity contribution in [2.45, 2.75) is 35.8 Å². The van der Waals surface area contributed by atoms with Crippen molar-refractivity contribution in [3.63, 3.8) is 0 Å². The standard InChI is InChI=1S/C20H26N6O8S/c27-17(23-10-16(18(28)29)25-35(32,33)15-4-2-1-3-5-15)12-34-14-8-13(26(11-14)20(30)31)9-24-19-21-6-7-22-19/h1-7,13-14,16,19,24-25H,8-12H2,(H,23,27)(H,28,29)(H,30,31). The van der Waals surface area contributed by atoms with E-state index < -0.39 is 65.6 Å².